The highest BCUT2D eigenvalue weighted by Gasteiger charge is 1.86. The molecule has 0 aliphatic rings. The number of rotatable bonds is 7. The second-order valence-corrected chi connectivity index (χ2v) is 1.45. The largest absolute Gasteiger partial charge is 0.430 e. The van der Waals surface area contributed by atoms with Gasteiger partial charge in [0.25, 0.3) is 0 Å². The van der Waals surface area contributed by atoms with Crippen LogP contribution in [0.3, 0.4) is 0 Å². The fourth-order valence-corrected chi connectivity index (χ4v) is 0.387. The van der Waals surface area contributed by atoms with E-state index in [0.29, 0.717) is 19.8 Å². The minimum absolute atomic E-state index is 0.0451. The van der Waals surface area contributed by atoms with Crippen molar-refractivity contribution < 1.29 is 19.0 Å². The lowest BCUT2D eigenvalue weighted by molar-refractivity contribution is -0.0217. The Kier molecular flexibility index (Phi) is 7.88. The Morgan fingerprint density at radius 2 is 2.00 bits per heavy atom. The Balaban J connectivity index is 2.70. The first-order chi connectivity index (χ1) is 4.91. The standard InChI is InChI=1S/C6H11O4/c1-2-8-3-4-9-6-10-5-7/h2-4,6H2,1H3. The van der Waals surface area contributed by atoms with Crippen LogP contribution in [0.25, 0.3) is 0 Å². The van der Waals surface area contributed by atoms with Crippen molar-refractivity contribution in [2.45, 2.75) is 6.92 Å². The van der Waals surface area contributed by atoms with E-state index in [-0.39, 0.29) is 6.79 Å². The second-order valence-electron chi connectivity index (χ2n) is 1.45. The summed E-state index contributed by atoms with van der Waals surface area (Å²) < 4.78 is 13.8. The van der Waals surface area contributed by atoms with Gasteiger partial charge in [0.05, 0.1) is 13.2 Å². The SMILES string of the molecule is CCOCCOCO[C]=O. The number of carbonyl (C=O) groups excluding carboxylic acids is 1. The Hall–Kier alpha value is -0.610. The molecule has 59 valence electrons. The topological polar surface area (TPSA) is 44.8 Å². The summed E-state index contributed by atoms with van der Waals surface area (Å²) in [6.07, 6.45) is 0. The van der Waals surface area contributed by atoms with Crippen molar-refractivity contribution in [2.75, 3.05) is 26.6 Å². The zero-order valence-corrected chi connectivity index (χ0v) is 5.96. The van der Waals surface area contributed by atoms with E-state index in [2.05, 4.69) is 4.74 Å². The van der Waals surface area contributed by atoms with Crippen LogP contribution in [0.1, 0.15) is 6.92 Å². The zero-order valence-electron chi connectivity index (χ0n) is 5.96. The van der Waals surface area contributed by atoms with Gasteiger partial charge in [-0.1, -0.05) is 0 Å². The summed E-state index contributed by atoms with van der Waals surface area (Å²) >= 11 is 0. The molecule has 0 amide bonds. The van der Waals surface area contributed by atoms with E-state index < -0.39 is 0 Å². The predicted molar refractivity (Wildman–Crippen MR) is 34.1 cm³/mol. The summed E-state index contributed by atoms with van der Waals surface area (Å²) in [6.45, 7) is 4.73. The quantitative estimate of drug-likeness (QED) is 0.378. The molecule has 0 rings (SSSR count). The average molecular weight is 147 g/mol. The zero-order chi connectivity index (χ0) is 7.66. The van der Waals surface area contributed by atoms with Crippen LogP contribution in [0.4, 0.5) is 0 Å². The number of ether oxygens (including phenoxy) is 3. The van der Waals surface area contributed by atoms with Gasteiger partial charge in [-0.25, -0.2) is 4.79 Å². The summed E-state index contributed by atoms with van der Waals surface area (Å²) in [5, 5.41) is 0. The third-order valence-electron chi connectivity index (χ3n) is 0.777. The molecule has 0 aromatic rings. The number of hydrogen-bond donors (Lipinski definition) is 0. The summed E-state index contributed by atoms with van der Waals surface area (Å²) in [7, 11) is 0. The van der Waals surface area contributed by atoms with Crippen LogP contribution < -0.4 is 0 Å². The minimum atomic E-state index is -0.0451. The summed E-state index contributed by atoms with van der Waals surface area (Å²) in [5.74, 6) is 0. The first-order valence-electron chi connectivity index (χ1n) is 3.06. The molecule has 0 saturated heterocycles. The maximum atomic E-state index is 9.44. The molecule has 0 unspecified atom stereocenters. The van der Waals surface area contributed by atoms with Gasteiger partial charge in [0.1, 0.15) is 0 Å². The highest BCUT2D eigenvalue weighted by Crippen LogP contribution is 1.77. The van der Waals surface area contributed by atoms with Gasteiger partial charge in [0.15, 0.2) is 6.79 Å². The lowest BCUT2D eigenvalue weighted by Gasteiger charge is -2.00. The van der Waals surface area contributed by atoms with Crippen LogP contribution in [0, 0.1) is 0 Å². The second kappa shape index (κ2) is 8.39. The molecule has 0 atom stereocenters. The first kappa shape index (κ1) is 9.39. The van der Waals surface area contributed by atoms with Gasteiger partial charge >= 0.3 is 6.47 Å². The van der Waals surface area contributed by atoms with Crippen LogP contribution in [0.15, 0.2) is 0 Å². The Labute approximate surface area is 60.1 Å². The third-order valence-corrected chi connectivity index (χ3v) is 0.777. The first-order valence-corrected chi connectivity index (χ1v) is 3.06. The van der Waals surface area contributed by atoms with Crippen molar-refractivity contribution in [2.24, 2.45) is 0 Å². The van der Waals surface area contributed by atoms with Gasteiger partial charge in [-0.2, -0.15) is 0 Å². The van der Waals surface area contributed by atoms with Crippen molar-refractivity contribution in [3.05, 3.63) is 0 Å². The summed E-state index contributed by atoms with van der Waals surface area (Å²) in [6, 6.07) is 0. The lowest BCUT2D eigenvalue weighted by atomic mass is 10.7. The molecule has 0 spiro atoms. The molecular formula is C6H11O4. The van der Waals surface area contributed by atoms with Crippen LogP contribution >= 0.6 is 0 Å². The minimum Gasteiger partial charge on any atom is -0.430 e. The van der Waals surface area contributed by atoms with Gasteiger partial charge in [0, 0.05) is 6.61 Å². The maximum Gasteiger partial charge on any atom is 0.419 e. The van der Waals surface area contributed by atoms with E-state index in [1.807, 2.05) is 6.92 Å². The van der Waals surface area contributed by atoms with Gasteiger partial charge in [-0.3, -0.25) is 0 Å². The molecule has 0 aliphatic heterocycles. The number of hydrogen-bond acceptors (Lipinski definition) is 4. The van der Waals surface area contributed by atoms with E-state index in [1.54, 1.807) is 0 Å². The van der Waals surface area contributed by atoms with E-state index >= 15 is 0 Å². The third kappa shape index (κ3) is 7.39. The molecule has 0 aromatic heterocycles. The summed E-state index contributed by atoms with van der Waals surface area (Å²) in [4.78, 5) is 9.44. The molecule has 0 bridgehead atoms. The van der Waals surface area contributed by atoms with Crippen LogP contribution in [-0.2, 0) is 19.0 Å². The highest BCUT2D eigenvalue weighted by molar-refractivity contribution is 5.37. The smallest absolute Gasteiger partial charge is 0.419 e. The molecule has 0 saturated carbocycles. The van der Waals surface area contributed by atoms with Crippen LogP contribution in [-0.4, -0.2) is 33.1 Å². The molecule has 0 aromatic carbocycles. The van der Waals surface area contributed by atoms with Crippen molar-refractivity contribution in [1.82, 2.24) is 0 Å². The predicted octanol–water partition coefficient (Wildman–Crippen LogP) is 0.0808. The molecule has 1 radical (unpaired) electrons. The van der Waals surface area contributed by atoms with Crippen LogP contribution in [0.5, 0.6) is 0 Å². The van der Waals surface area contributed by atoms with Crippen molar-refractivity contribution in [3.8, 4) is 0 Å². The lowest BCUT2D eigenvalue weighted by Crippen LogP contribution is -2.06. The monoisotopic (exact) mass is 147 g/mol. The van der Waals surface area contributed by atoms with Gasteiger partial charge < -0.3 is 14.2 Å². The summed E-state index contributed by atoms with van der Waals surface area (Å²) in [5.41, 5.74) is 0. The molecule has 0 aliphatic carbocycles. The maximum absolute atomic E-state index is 9.44. The van der Waals surface area contributed by atoms with E-state index in [9.17, 15) is 4.79 Å². The van der Waals surface area contributed by atoms with E-state index in [1.165, 1.54) is 6.47 Å². The fourth-order valence-electron chi connectivity index (χ4n) is 0.387. The Morgan fingerprint density at radius 1 is 1.30 bits per heavy atom. The molecule has 0 N–H and O–H groups in total. The average Bonchev–Trinajstić information content (AvgIpc) is 1.97. The van der Waals surface area contributed by atoms with Crippen molar-refractivity contribution in [1.29, 1.82) is 0 Å². The van der Waals surface area contributed by atoms with Gasteiger partial charge in [-0.05, 0) is 6.92 Å². The normalized spacial score (nSPS) is 9.30. The molecule has 0 fully saturated rings. The van der Waals surface area contributed by atoms with E-state index in [4.69, 9.17) is 9.47 Å². The fraction of sp³-hybridized carbons (Fsp3) is 0.833. The van der Waals surface area contributed by atoms with Gasteiger partial charge in [-0.15, -0.1) is 0 Å². The molecule has 4 heteroatoms. The Morgan fingerprint density at radius 3 is 2.60 bits per heavy atom. The van der Waals surface area contributed by atoms with Crippen LogP contribution in [0.2, 0.25) is 0 Å². The molecular weight excluding hydrogens is 136 g/mol. The molecule has 0 heterocycles. The van der Waals surface area contributed by atoms with Crippen molar-refractivity contribution in [3.63, 3.8) is 0 Å². The molecule has 4 nitrogen and oxygen atoms in total. The van der Waals surface area contributed by atoms with Crippen molar-refractivity contribution >= 4 is 6.47 Å². The molecule has 10 heavy (non-hydrogen) atoms. The Bertz CT molecular complexity index is 74.1. The highest BCUT2D eigenvalue weighted by atomic mass is 16.7. The van der Waals surface area contributed by atoms with E-state index in [0.717, 1.165) is 0 Å². The van der Waals surface area contributed by atoms with Gasteiger partial charge in [0.2, 0.25) is 0 Å².